The van der Waals surface area contributed by atoms with Crippen molar-refractivity contribution in [3.05, 3.63) is 59.7 Å². The molecule has 0 heterocycles. The largest absolute Gasteiger partial charge is 0.493 e. The molecule has 0 aliphatic heterocycles. The van der Waals surface area contributed by atoms with E-state index >= 15 is 0 Å². The second-order valence-electron chi connectivity index (χ2n) is 5.28. The van der Waals surface area contributed by atoms with Gasteiger partial charge in [-0.05, 0) is 42.7 Å². The quantitative estimate of drug-likeness (QED) is 0.734. The molecule has 0 saturated heterocycles. The minimum Gasteiger partial charge on any atom is -0.493 e. The number of rotatable bonds is 8. The SMILES string of the molecule is CCc1ccccc1NC(=O)CSCCOc1cccc(C)c1. The number of carbonyl (C=O) groups excluding carboxylic acids is 1. The molecule has 23 heavy (non-hydrogen) atoms. The van der Waals surface area contributed by atoms with Crippen molar-refractivity contribution in [2.45, 2.75) is 20.3 Å². The number of aryl methyl sites for hydroxylation is 2. The Morgan fingerprint density at radius 2 is 2.00 bits per heavy atom. The van der Waals surface area contributed by atoms with Crippen molar-refractivity contribution in [2.24, 2.45) is 0 Å². The Bertz CT molecular complexity index is 643. The van der Waals surface area contributed by atoms with E-state index in [-0.39, 0.29) is 5.91 Å². The fourth-order valence-electron chi connectivity index (χ4n) is 2.23. The first-order valence-corrected chi connectivity index (χ1v) is 8.99. The van der Waals surface area contributed by atoms with Crippen molar-refractivity contribution in [3.8, 4) is 5.75 Å². The Kier molecular flexibility index (Phi) is 7.01. The number of carbonyl (C=O) groups is 1. The van der Waals surface area contributed by atoms with Gasteiger partial charge in [0, 0.05) is 11.4 Å². The molecule has 0 saturated carbocycles. The normalized spacial score (nSPS) is 10.3. The van der Waals surface area contributed by atoms with Crippen LogP contribution < -0.4 is 10.1 Å². The summed E-state index contributed by atoms with van der Waals surface area (Å²) in [5.74, 6) is 2.14. The second kappa shape index (κ2) is 9.26. The first-order chi connectivity index (χ1) is 11.2. The Balaban J connectivity index is 1.67. The highest BCUT2D eigenvalue weighted by molar-refractivity contribution is 7.99. The monoisotopic (exact) mass is 329 g/mol. The summed E-state index contributed by atoms with van der Waals surface area (Å²) in [5, 5.41) is 2.98. The molecule has 0 aliphatic carbocycles. The molecular formula is C19H23NO2S. The van der Waals surface area contributed by atoms with Crippen LogP contribution in [-0.2, 0) is 11.2 Å². The predicted octanol–water partition coefficient (Wildman–Crippen LogP) is 4.31. The maximum absolute atomic E-state index is 12.0. The third kappa shape index (κ3) is 5.99. The van der Waals surface area contributed by atoms with Crippen LogP contribution in [0.15, 0.2) is 48.5 Å². The van der Waals surface area contributed by atoms with Crippen LogP contribution in [0.2, 0.25) is 0 Å². The average molecular weight is 329 g/mol. The van der Waals surface area contributed by atoms with Crippen LogP contribution in [0.25, 0.3) is 0 Å². The van der Waals surface area contributed by atoms with Gasteiger partial charge in [-0.1, -0.05) is 37.3 Å². The van der Waals surface area contributed by atoms with E-state index in [4.69, 9.17) is 4.74 Å². The van der Waals surface area contributed by atoms with E-state index in [2.05, 4.69) is 12.2 Å². The molecule has 0 atom stereocenters. The fourth-order valence-corrected chi connectivity index (χ4v) is 2.83. The van der Waals surface area contributed by atoms with Crippen LogP contribution >= 0.6 is 11.8 Å². The zero-order chi connectivity index (χ0) is 16.5. The molecule has 2 aromatic carbocycles. The van der Waals surface area contributed by atoms with Crippen molar-refractivity contribution < 1.29 is 9.53 Å². The van der Waals surface area contributed by atoms with Gasteiger partial charge in [0.1, 0.15) is 5.75 Å². The molecule has 3 nitrogen and oxygen atoms in total. The lowest BCUT2D eigenvalue weighted by Gasteiger charge is -2.10. The molecule has 0 fully saturated rings. The number of para-hydroxylation sites is 1. The molecule has 4 heteroatoms. The lowest BCUT2D eigenvalue weighted by atomic mass is 10.1. The lowest BCUT2D eigenvalue weighted by Crippen LogP contribution is -2.16. The van der Waals surface area contributed by atoms with Crippen LogP contribution in [0.5, 0.6) is 5.75 Å². The van der Waals surface area contributed by atoms with Crippen molar-refractivity contribution in [2.75, 3.05) is 23.4 Å². The van der Waals surface area contributed by atoms with Gasteiger partial charge in [0.25, 0.3) is 0 Å². The lowest BCUT2D eigenvalue weighted by molar-refractivity contribution is -0.113. The number of anilines is 1. The third-order valence-electron chi connectivity index (χ3n) is 3.39. The maximum Gasteiger partial charge on any atom is 0.234 e. The first-order valence-electron chi connectivity index (χ1n) is 7.84. The van der Waals surface area contributed by atoms with Crippen LogP contribution in [0.4, 0.5) is 5.69 Å². The molecular weight excluding hydrogens is 306 g/mol. The first kappa shape index (κ1) is 17.4. The van der Waals surface area contributed by atoms with Crippen molar-refractivity contribution in [1.29, 1.82) is 0 Å². The van der Waals surface area contributed by atoms with Gasteiger partial charge in [-0.3, -0.25) is 4.79 Å². The summed E-state index contributed by atoms with van der Waals surface area (Å²) in [5.41, 5.74) is 3.26. The number of hydrogen-bond acceptors (Lipinski definition) is 3. The van der Waals surface area contributed by atoms with Gasteiger partial charge in [-0.25, -0.2) is 0 Å². The highest BCUT2D eigenvalue weighted by Gasteiger charge is 2.05. The molecule has 0 aromatic heterocycles. The molecule has 1 N–H and O–H groups in total. The van der Waals surface area contributed by atoms with E-state index in [1.54, 1.807) is 11.8 Å². The summed E-state index contributed by atoms with van der Waals surface area (Å²) >= 11 is 1.58. The smallest absolute Gasteiger partial charge is 0.234 e. The van der Waals surface area contributed by atoms with Crippen molar-refractivity contribution in [1.82, 2.24) is 0 Å². The summed E-state index contributed by atoms with van der Waals surface area (Å²) in [6.45, 7) is 4.73. The molecule has 2 rings (SSSR count). The zero-order valence-corrected chi connectivity index (χ0v) is 14.5. The molecule has 1 amide bonds. The Hall–Kier alpha value is -1.94. The number of nitrogens with one attached hydrogen (secondary N) is 1. The van der Waals surface area contributed by atoms with Crippen LogP contribution in [0.1, 0.15) is 18.1 Å². The van der Waals surface area contributed by atoms with Gasteiger partial charge in [0.15, 0.2) is 0 Å². The summed E-state index contributed by atoms with van der Waals surface area (Å²) in [7, 11) is 0. The highest BCUT2D eigenvalue weighted by Crippen LogP contribution is 2.16. The van der Waals surface area contributed by atoms with E-state index in [0.29, 0.717) is 12.4 Å². The molecule has 122 valence electrons. The minimum atomic E-state index is 0.0338. The molecule has 2 aromatic rings. The van der Waals surface area contributed by atoms with Crippen LogP contribution in [0, 0.1) is 6.92 Å². The zero-order valence-electron chi connectivity index (χ0n) is 13.7. The van der Waals surface area contributed by atoms with E-state index in [0.717, 1.165) is 29.2 Å². The summed E-state index contributed by atoms with van der Waals surface area (Å²) in [6, 6.07) is 15.9. The molecule has 0 spiro atoms. The van der Waals surface area contributed by atoms with E-state index in [9.17, 15) is 4.79 Å². The van der Waals surface area contributed by atoms with E-state index in [1.807, 2.05) is 55.5 Å². The van der Waals surface area contributed by atoms with Crippen molar-refractivity contribution >= 4 is 23.4 Å². The average Bonchev–Trinajstić information content (AvgIpc) is 2.55. The van der Waals surface area contributed by atoms with E-state index in [1.165, 1.54) is 5.56 Å². The third-order valence-corrected chi connectivity index (χ3v) is 4.31. The Morgan fingerprint density at radius 3 is 2.78 bits per heavy atom. The van der Waals surface area contributed by atoms with Crippen molar-refractivity contribution in [3.63, 3.8) is 0 Å². The fraction of sp³-hybridized carbons (Fsp3) is 0.316. The summed E-state index contributed by atoms with van der Waals surface area (Å²) < 4.78 is 5.67. The van der Waals surface area contributed by atoms with Gasteiger partial charge >= 0.3 is 0 Å². The van der Waals surface area contributed by atoms with Gasteiger partial charge in [0.2, 0.25) is 5.91 Å². The summed E-state index contributed by atoms with van der Waals surface area (Å²) in [6.07, 6.45) is 0.911. The number of benzene rings is 2. The second-order valence-corrected chi connectivity index (χ2v) is 6.38. The van der Waals surface area contributed by atoms with Crippen LogP contribution in [0.3, 0.4) is 0 Å². The maximum atomic E-state index is 12.0. The Morgan fingerprint density at radius 1 is 1.17 bits per heavy atom. The minimum absolute atomic E-state index is 0.0338. The topological polar surface area (TPSA) is 38.3 Å². The highest BCUT2D eigenvalue weighted by atomic mass is 32.2. The van der Waals surface area contributed by atoms with Gasteiger partial charge in [-0.2, -0.15) is 0 Å². The molecule has 0 radical (unpaired) electrons. The standard InChI is InChI=1S/C19H23NO2S/c1-3-16-8-4-5-10-18(16)20-19(21)14-23-12-11-22-17-9-6-7-15(2)13-17/h4-10,13H,3,11-12,14H2,1-2H3,(H,20,21). The number of amides is 1. The number of thioether (sulfide) groups is 1. The molecule has 0 unspecified atom stereocenters. The molecule has 0 aliphatic rings. The summed E-state index contributed by atoms with van der Waals surface area (Å²) in [4.78, 5) is 12.0. The predicted molar refractivity (Wildman–Crippen MR) is 98.4 cm³/mol. The van der Waals surface area contributed by atoms with Gasteiger partial charge < -0.3 is 10.1 Å². The van der Waals surface area contributed by atoms with E-state index < -0.39 is 0 Å². The van der Waals surface area contributed by atoms with Gasteiger partial charge in [0.05, 0.1) is 12.4 Å². The Labute approximate surface area is 142 Å². The van der Waals surface area contributed by atoms with Gasteiger partial charge in [-0.15, -0.1) is 11.8 Å². The van der Waals surface area contributed by atoms with Crippen LogP contribution in [-0.4, -0.2) is 24.0 Å². The number of ether oxygens (including phenoxy) is 1. The number of hydrogen-bond donors (Lipinski definition) is 1. The molecule has 0 bridgehead atoms.